The first kappa shape index (κ1) is 55.5. The molecule has 0 saturated carbocycles. The highest BCUT2D eigenvalue weighted by atomic mass is 16.6. The number of hydrogen-bond acceptors (Lipinski definition) is 17. The van der Waals surface area contributed by atoms with Gasteiger partial charge in [0.15, 0.2) is 0 Å². The average Bonchev–Trinajstić information content (AvgIpc) is 3.09. The molecule has 0 atom stereocenters. The van der Waals surface area contributed by atoms with Crippen molar-refractivity contribution in [3.63, 3.8) is 0 Å². The second kappa shape index (κ2) is 42.9. The van der Waals surface area contributed by atoms with Crippen LogP contribution in [0.5, 0.6) is 0 Å². The number of ether oxygens (including phenoxy) is 12. The topological polar surface area (TPSA) is 206 Å². The van der Waals surface area contributed by atoms with Crippen LogP contribution in [-0.4, -0.2) is 190 Å². The van der Waals surface area contributed by atoms with Crippen LogP contribution in [-0.2, 0) is 66.4 Å². The van der Waals surface area contributed by atoms with Gasteiger partial charge >= 0.3 is 11.9 Å². The third-order valence-corrected chi connectivity index (χ3v) is 5.13. The lowest BCUT2D eigenvalue weighted by Gasteiger charge is -2.19. The second-order valence-electron chi connectivity index (χ2n) is 12.4. The number of carbonyl (C=O) groups excluding carboxylic acids is 2. The van der Waals surface area contributed by atoms with Crippen LogP contribution in [0.4, 0.5) is 0 Å². The van der Waals surface area contributed by atoms with Gasteiger partial charge < -0.3 is 72.2 Å². The van der Waals surface area contributed by atoms with E-state index in [1.54, 1.807) is 0 Å². The molecule has 0 amide bonds. The molecule has 0 aliphatic carbocycles. The zero-order chi connectivity index (χ0) is 40.3. The van der Waals surface area contributed by atoms with Gasteiger partial charge in [-0.2, -0.15) is 0 Å². The van der Waals surface area contributed by atoms with Gasteiger partial charge in [0.1, 0.15) is 11.2 Å². The normalized spacial score (nSPS) is 11.3. The van der Waals surface area contributed by atoms with Crippen molar-refractivity contribution in [2.75, 3.05) is 152 Å². The zero-order valence-corrected chi connectivity index (χ0v) is 33.3. The number of aliphatic hydroxyl groups excluding tert-OH is 3. The molecule has 0 saturated heterocycles. The van der Waals surface area contributed by atoms with E-state index in [1.165, 1.54) is 0 Å². The second-order valence-corrected chi connectivity index (χ2v) is 12.4. The number of aliphatic hydroxyl groups is 3. The Morgan fingerprint density at radius 1 is 0.415 bits per heavy atom. The number of rotatable bonds is 34. The van der Waals surface area contributed by atoms with Gasteiger partial charge in [-0.15, -0.1) is 0 Å². The van der Waals surface area contributed by atoms with Crippen molar-refractivity contribution in [1.82, 2.24) is 0 Å². The molecule has 0 spiro atoms. The summed E-state index contributed by atoms with van der Waals surface area (Å²) >= 11 is 0. The van der Waals surface area contributed by atoms with Crippen LogP contribution in [0.3, 0.4) is 0 Å². The Balaban J connectivity index is -0.000000784. The highest BCUT2D eigenvalue weighted by Gasteiger charge is 2.15. The molecule has 0 rings (SSSR count). The predicted molar refractivity (Wildman–Crippen MR) is 196 cm³/mol. The Kier molecular flexibility index (Phi) is 44.9. The minimum atomic E-state index is -0.459. The Labute approximate surface area is 317 Å². The van der Waals surface area contributed by atoms with Crippen molar-refractivity contribution >= 4 is 11.9 Å². The molecule has 53 heavy (non-hydrogen) atoms. The average molecular weight is 777 g/mol. The first-order chi connectivity index (χ1) is 25.3. The molecule has 3 N–H and O–H groups in total. The van der Waals surface area contributed by atoms with E-state index in [9.17, 15) is 9.59 Å². The molecule has 17 heteroatoms. The van der Waals surface area contributed by atoms with Crippen LogP contribution in [0.2, 0.25) is 0 Å². The van der Waals surface area contributed by atoms with Gasteiger partial charge in [-0.05, 0) is 41.5 Å². The van der Waals surface area contributed by atoms with Gasteiger partial charge in [0.25, 0.3) is 0 Å². The van der Waals surface area contributed by atoms with Crippen LogP contribution in [0.25, 0.3) is 0 Å². The minimum absolute atomic E-state index is 0.0257. The molecule has 0 aromatic carbocycles. The van der Waals surface area contributed by atoms with Crippen molar-refractivity contribution in [1.29, 1.82) is 0 Å². The van der Waals surface area contributed by atoms with E-state index in [0.717, 1.165) is 6.08 Å². The van der Waals surface area contributed by atoms with E-state index in [-0.39, 0.29) is 38.2 Å². The van der Waals surface area contributed by atoms with Crippen LogP contribution in [0.1, 0.15) is 48.0 Å². The summed E-state index contributed by atoms with van der Waals surface area (Å²) in [6.07, 6.45) is 1.40. The largest absolute Gasteiger partial charge is 0.460 e. The first-order valence-corrected chi connectivity index (χ1v) is 18.0. The summed E-state index contributed by atoms with van der Waals surface area (Å²) in [6, 6.07) is 0. The molecule has 0 fully saturated rings. The molecule has 17 nitrogen and oxygen atoms in total. The molecule has 0 aliphatic rings. The molecule has 0 unspecified atom stereocenters. The summed E-state index contributed by atoms with van der Waals surface area (Å²) in [5.74, 6) is -0.633. The summed E-state index contributed by atoms with van der Waals surface area (Å²) < 4.78 is 62.1. The summed E-state index contributed by atoms with van der Waals surface area (Å²) in [6.45, 7) is 23.5. The smallest absolute Gasteiger partial charge is 0.330 e. The lowest BCUT2D eigenvalue weighted by atomic mass is 10.2. The molecule has 0 heterocycles. The van der Waals surface area contributed by atoms with E-state index >= 15 is 0 Å². The number of esters is 2. The molecule has 318 valence electrons. The Morgan fingerprint density at radius 3 is 0.830 bits per heavy atom. The van der Waals surface area contributed by atoms with E-state index in [1.807, 2.05) is 41.5 Å². The van der Waals surface area contributed by atoms with Gasteiger partial charge in [0, 0.05) is 6.08 Å². The van der Waals surface area contributed by atoms with Crippen molar-refractivity contribution < 1.29 is 81.8 Å². The fraction of sp³-hybridized carbons (Fsp3) is 0.889. The Bertz CT molecular complexity index is 756. The van der Waals surface area contributed by atoms with Crippen LogP contribution < -0.4 is 0 Å². The van der Waals surface area contributed by atoms with Crippen LogP contribution in [0, 0.1) is 0 Å². The molecule has 0 aromatic rings. The van der Waals surface area contributed by atoms with Crippen molar-refractivity contribution in [2.24, 2.45) is 0 Å². The van der Waals surface area contributed by atoms with E-state index < -0.39 is 11.2 Å². The molecule has 0 aromatic heterocycles. The van der Waals surface area contributed by atoms with E-state index in [0.29, 0.717) is 132 Å². The summed E-state index contributed by atoms with van der Waals surface area (Å²) in [5, 5.41) is 25.4. The van der Waals surface area contributed by atoms with Gasteiger partial charge in [-0.1, -0.05) is 6.58 Å². The summed E-state index contributed by atoms with van der Waals surface area (Å²) in [4.78, 5) is 21.9. The number of carbonyl (C=O) groups is 2. The standard InChI is InChI=1S/C17H34O8.C12H26O7.C7H12O2/c1-17(2,3)25-16(19)4-6-20-8-10-22-12-14-24-15-13-23-11-9-21-7-5-18;13-1-3-15-5-7-17-9-11-19-12-10-18-8-6-16-4-2-14;1-5-6(8)9-7(2,3)4/h18H,4-15H2,1-3H3;13-14H,1-12H2;5H,1H2,2-4H3. The van der Waals surface area contributed by atoms with Crippen LogP contribution in [0.15, 0.2) is 12.7 Å². The van der Waals surface area contributed by atoms with Crippen molar-refractivity contribution in [2.45, 2.75) is 59.2 Å². The van der Waals surface area contributed by atoms with Crippen molar-refractivity contribution in [3.8, 4) is 0 Å². The Morgan fingerprint density at radius 2 is 0.642 bits per heavy atom. The lowest BCUT2D eigenvalue weighted by molar-refractivity contribution is -0.156. The maximum Gasteiger partial charge on any atom is 0.330 e. The van der Waals surface area contributed by atoms with Crippen molar-refractivity contribution in [3.05, 3.63) is 12.7 Å². The predicted octanol–water partition coefficient (Wildman–Crippen LogP) is 1.36. The molecule has 0 bridgehead atoms. The maximum absolute atomic E-state index is 11.4. The van der Waals surface area contributed by atoms with Gasteiger partial charge in [-0.25, -0.2) is 4.79 Å². The monoisotopic (exact) mass is 776 g/mol. The van der Waals surface area contributed by atoms with E-state index in [4.69, 9.17) is 72.2 Å². The summed E-state index contributed by atoms with van der Waals surface area (Å²) in [5.41, 5.74) is -0.857. The molecular weight excluding hydrogens is 704 g/mol. The fourth-order valence-electron chi connectivity index (χ4n) is 3.05. The highest BCUT2D eigenvalue weighted by molar-refractivity contribution is 5.81. The lowest BCUT2D eigenvalue weighted by Crippen LogP contribution is -2.24. The fourth-order valence-corrected chi connectivity index (χ4v) is 3.05. The molecular formula is C36H72O17. The van der Waals surface area contributed by atoms with E-state index in [2.05, 4.69) is 6.58 Å². The van der Waals surface area contributed by atoms with Gasteiger partial charge in [0.05, 0.1) is 158 Å². The van der Waals surface area contributed by atoms with Crippen LogP contribution >= 0.6 is 0 Å². The third kappa shape index (κ3) is 59.7. The highest BCUT2D eigenvalue weighted by Crippen LogP contribution is 2.08. The SMILES string of the molecule is C=CC(=O)OC(C)(C)C.CC(C)(C)OC(=O)CCOCCOCCOCCOCCOCCO.OCCOCCOCCOCCOCCOCCO. The first-order valence-electron chi connectivity index (χ1n) is 18.0. The number of hydrogen-bond donors (Lipinski definition) is 3. The maximum atomic E-state index is 11.4. The molecule has 0 aliphatic heterocycles. The zero-order valence-electron chi connectivity index (χ0n) is 33.3. The third-order valence-electron chi connectivity index (χ3n) is 5.13. The van der Waals surface area contributed by atoms with Gasteiger partial charge in [0.2, 0.25) is 0 Å². The Hall–Kier alpha value is -1.84. The minimum Gasteiger partial charge on any atom is -0.460 e. The summed E-state index contributed by atoms with van der Waals surface area (Å²) in [7, 11) is 0. The molecule has 0 radical (unpaired) electrons. The quantitative estimate of drug-likeness (QED) is 0.0479. The van der Waals surface area contributed by atoms with Gasteiger partial charge in [-0.3, -0.25) is 4.79 Å².